The molecule has 0 radical (unpaired) electrons. The van der Waals surface area contributed by atoms with E-state index >= 15 is 0 Å². The normalized spacial score (nSPS) is 15.4. The molecule has 0 spiro atoms. The van der Waals surface area contributed by atoms with E-state index in [0.717, 1.165) is 43.8 Å². The number of rotatable bonds is 7. The van der Waals surface area contributed by atoms with Gasteiger partial charge in [0, 0.05) is 48.8 Å². The van der Waals surface area contributed by atoms with E-state index in [1.165, 1.54) is 22.5 Å². The Labute approximate surface area is 165 Å². The molecule has 28 heavy (non-hydrogen) atoms. The Morgan fingerprint density at radius 2 is 2.18 bits per heavy atom. The number of nitrogens with one attached hydrogen (secondary N) is 1. The van der Waals surface area contributed by atoms with Gasteiger partial charge in [-0.2, -0.15) is 10.2 Å². The molecule has 7 heteroatoms. The van der Waals surface area contributed by atoms with Crippen LogP contribution >= 0.6 is 0 Å². The number of fused-ring (bicyclic) bond motifs is 1. The van der Waals surface area contributed by atoms with Crippen LogP contribution in [0.3, 0.4) is 0 Å². The molecule has 2 aromatic heterocycles. The van der Waals surface area contributed by atoms with Crippen LogP contribution in [-0.4, -0.2) is 43.5 Å². The largest absolute Gasteiger partial charge is 0.496 e. The summed E-state index contributed by atoms with van der Waals surface area (Å²) >= 11 is 0. The highest BCUT2D eigenvalue weighted by molar-refractivity contribution is 5.38. The van der Waals surface area contributed by atoms with E-state index in [0.29, 0.717) is 12.5 Å². The first-order valence-electron chi connectivity index (χ1n) is 9.94. The van der Waals surface area contributed by atoms with Crippen molar-refractivity contribution in [1.29, 1.82) is 0 Å². The van der Waals surface area contributed by atoms with E-state index in [1.807, 2.05) is 4.68 Å². The van der Waals surface area contributed by atoms with Gasteiger partial charge in [0.2, 0.25) is 0 Å². The molecule has 7 nitrogen and oxygen atoms in total. The Morgan fingerprint density at radius 1 is 1.29 bits per heavy atom. The Hall–Kier alpha value is -2.67. The molecule has 1 aliphatic heterocycles. The summed E-state index contributed by atoms with van der Waals surface area (Å²) in [5, 5.41) is 12.1. The van der Waals surface area contributed by atoms with Crippen molar-refractivity contribution < 1.29 is 4.74 Å². The Morgan fingerprint density at radius 3 is 2.93 bits per heavy atom. The number of H-pyrrole nitrogens is 1. The summed E-state index contributed by atoms with van der Waals surface area (Å²) in [6.07, 6.45) is 5.43. The average molecular weight is 380 g/mol. The summed E-state index contributed by atoms with van der Waals surface area (Å²) < 4.78 is 7.36. The van der Waals surface area contributed by atoms with Crippen molar-refractivity contribution in [3.05, 3.63) is 58.9 Å². The highest BCUT2D eigenvalue weighted by Crippen LogP contribution is 2.29. The topological polar surface area (TPSA) is 71.9 Å². The fraction of sp³-hybridized carbons (Fsp3) is 0.476. The van der Waals surface area contributed by atoms with Crippen LogP contribution in [0.15, 0.2) is 30.9 Å². The summed E-state index contributed by atoms with van der Waals surface area (Å²) in [7, 11) is 1.71. The molecule has 0 saturated heterocycles. The standard InChI is InChI=1S/C21H28N6O/c1-4-15(2)21-18-12-26(8-7-19(18)24-25-21)10-16-5-6-20(28-3)17(9-16)11-27-14-22-13-23-27/h5-6,9,13-15H,4,7-8,10-12H2,1-3H3,(H,24,25)/t15-/m0/s1. The van der Waals surface area contributed by atoms with Crippen LogP contribution in [0.4, 0.5) is 0 Å². The van der Waals surface area contributed by atoms with E-state index in [1.54, 1.807) is 19.8 Å². The number of ether oxygens (including phenoxy) is 1. The van der Waals surface area contributed by atoms with Gasteiger partial charge in [0.15, 0.2) is 0 Å². The SMILES string of the molecule is CC[C@H](C)c1n[nH]c2c1CN(Cc1ccc(OC)c(Cn3cncn3)c1)CC2. The minimum absolute atomic E-state index is 0.496. The van der Waals surface area contributed by atoms with E-state index < -0.39 is 0 Å². The molecule has 0 bridgehead atoms. The van der Waals surface area contributed by atoms with Crippen LogP contribution in [0.1, 0.15) is 54.3 Å². The summed E-state index contributed by atoms with van der Waals surface area (Å²) in [6, 6.07) is 6.44. The summed E-state index contributed by atoms with van der Waals surface area (Å²) in [4.78, 5) is 6.53. The number of aromatic amines is 1. The van der Waals surface area contributed by atoms with Gasteiger partial charge in [-0.15, -0.1) is 0 Å². The van der Waals surface area contributed by atoms with Crippen LogP contribution in [0, 0.1) is 0 Å². The minimum atomic E-state index is 0.496. The molecule has 1 N–H and O–H groups in total. The van der Waals surface area contributed by atoms with Crippen molar-refractivity contribution in [3.8, 4) is 5.75 Å². The first-order chi connectivity index (χ1) is 13.7. The van der Waals surface area contributed by atoms with Gasteiger partial charge in [-0.1, -0.05) is 19.9 Å². The average Bonchev–Trinajstić information content (AvgIpc) is 3.37. The Kier molecular flexibility index (Phi) is 5.43. The van der Waals surface area contributed by atoms with Gasteiger partial charge < -0.3 is 4.74 Å². The minimum Gasteiger partial charge on any atom is -0.496 e. The number of hydrogen-bond donors (Lipinski definition) is 1. The second-order valence-corrected chi connectivity index (χ2v) is 7.58. The predicted octanol–water partition coefficient (Wildman–Crippen LogP) is 3.13. The molecule has 0 unspecified atom stereocenters. The van der Waals surface area contributed by atoms with E-state index in [2.05, 4.69) is 57.2 Å². The molecular formula is C21H28N6O. The van der Waals surface area contributed by atoms with Crippen molar-refractivity contribution in [3.63, 3.8) is 0 Å². The summed E-state index contributed by atoms with van der Waals surface area (Å²) in [6.45, 7) is 8.05. The molecule has 1 atom stereocenters. The lowest BCUT2D eigenvalue weighted by molar-refractivity contribution is 0.243. The number of methoxy groups -OCH3 is 1. The van der Waals surface area contributed by atoms with Gasteiger partial charge in [-0.05, 0) is 24.1 Å². The van der Waals surface area contributed by atoms with Crippen molar-refractivity contribution in [2.45, 2.75) is 52.2 Å². The summed E-state index contributed by atoms with van der Waals surface area (Å²) in [5.41, 5.74) is 6.36. The molecule has 3 heterocycles. The Balaban J connectivity index is 1.51. The first kappa shape index (κ1) is 18.7. The lowest BCUT2D eigenvalue weighted by Crippen LogP contribution is -2.30. The van der Waals surface area contributed by atoms with Gasteiger partial charge in [-0.3, -0.25) is 10.00 Å². The van der Waals surface area contributed by atoms with Crippen LogP contribution in [0.25, 0.3) is 0 Å². The number of aromatic nitrogens is 5. The van der Waals surface area contributed by atoms with E-state index in [-0.39, 0.29) is 0 Å². The fourth-order valence-electron chi connectivity index (χ4n) is 3.91. The number of benzene rings is 1. The maximum absolute atomic E-state index is 5.54. The molecule has 4 rings (SSSR count). The van der Waals surface area contributed by atoms with Crippen molar-refractivity contribution in [2.75, 3.05) is 13.7 Å². The van der Waals surface area contributed by atoms with Crippen molar-refractivity contribution in [2.24, 2.45) is 0 Å². The van der Waals surface area contributed by atoms with Crippen LogP contribution in [0.2, 0.25) is 0 Å². The molecule has 1 aromatic carbocycles. The van der Waals surface area contributed by atoms with Crippen LogP contribution in [0.5, 0.6) is 5.75 Å². The molecule has 3 aromatic rings. The van der Waals surface area contributed by atoms with E-state index in [4.69, 9.17) is 4.74 Å². The maximum Gasteiger partial charge on any atom is 0.137 e. The highest BCUT2D eigenvalue weighted by Gasteiger charge is 2.24. The zero-order valence-electron chi connectivity index (χ0n) is 16.9. The van der Waals surface area contributed by atoms with Gasteiger partial charge in [0.25, 0.3) is 0 Å². The number of hydrogen-bond acceptors (Lipinski definition) is 5. The molecule has 1 aliphatic rings. The van der Waals surface area contributed by atoms with Gasteiger partial charge in [0.1, 0.15) is 18.4 Å². The quantitative estimate of drug-likeness (QED) is 0.682. The molecule has 0 aliphatic carbocycles. The third kappa shape index (κ3) is 3.80. The first-order valence-corrected chi connectivity index (χ1v) is 9.94. The Bertz CT molecular complexity index is 917. The zero-order chi connectivity index (χ0) is 19.5. The van der Waals surface area contributed by atoms with Crippen molar-refractivity contribution in [1.82, 2.24) is 29.9 Å². The predicted molar refractivity (Wildman–Crippen MR) is 107 cm³/mol. The lowest BCUT2D eigenvalue weighted by Gasteiger charge is -2.28. The third-order valence-electron chi connectivity index (χ3n) is 5.67. The number of nitrogens with zero attached hydrogens (tertiary/aromatic N) is 5. The molecule has 0 fully saturated rings. The molecular weight excluding hydrogens is 352 g/mol. The highest BCUT2D eigenvalue weighted by atomic mass is 16.5. The second-order valence-electron chi connectivity index (χ2n) is 7.58. The third-order valence-corrected chi connectivity index (χ3v) is 5.67. The second kappa shape index (κ2) is 8.14. The van der Waals surface area contributed by atoms with Crippen molar-refractivity contribution >= 4 is 0 Å². The maximum atomic E-state index is 5.54. The smallest absolute Gasteiger partial charge is 0.137 e. The molecule has 0 saturated carbocycles. The summed E-state index contributed by atoms with van der Waals surface area (Å²) in [5.74, 6) is 1.38. The molecule has 0 amide bonds. The zero-order valence-corrected chi connectivity index (χ0v) is 16.9. The van der Waals surface area contributed by atoms with Gasteiger partial charge in [0.05, 0.1) is 19.3 Å². The van der Waals surface area contributed by atoms with Crippen LogP contribution in [-0.2, 0) is 26.1 Å². The molecule has 148 valence electrons. The monoisotopic (exact) mass is 380 g/mol. The lowest BCUT2D eigenvalue weighted by atomic mass is 9.96. The van der Waals surface area contributed by atoms with Gasteiger partial charge in [-0.25, -0.2) is 9.67 Å². The fourth-order valence-corrected chi connectivity index (χ4v) is 3.91. The van der Waals surface area contributed by atoms with Crippen LogP contribution < -0.4 is 4.74 Å². The van der Waals surface area contributed by atoms with Gasteiger partial charge >= 0.3 is 0 Å². The van der Waals surface area contributed by atoms with E-state index in [9.17, 15) is 0 Å².